The summed E-state index contributed by atoms with van der Waals surface area (Å²) < 4.78 is 0. The zero-order valence-corrected chi connectivity index (χ0v) is 26.3. The van der Waals surface area contributed by atoms with E-state index in [2.05, 4.69) is 30.9 Å². The number of phenols is 2. The number of aromatic hydroxyl groups is 2. The van der Waals surface area contributed by atoms with Crippen LogP contribution in [0.1, 0.15) is 22.4 Å². The lowest BCUT2D eigenvalue weighted by molar-refractivity contribution is -0.142. The third-order valence-corrected chi connectivity index (χ3v) is 8.06. The minimum absolute atomic E-state index is 0.0134. The molecule has 2 aromatic heterocycles. The average Bonchev–Trinajstić information content (AvgIpc) is 3.75. The predicted octanol–water partition coefficient (Wildman–Crippen LogP) is 1.44. The molecular weight excluding hydrogens is 630 g/mol. The van der Waals surface area contributed by atoms with Crippen LogP contribution in [0.2, 0.25) is 0 Å². The topological polar surface area (TPSA) is 236 Å². The second-order valence-corrected chi connectivity index (χ2v) is 11.7. The summed E-state index contributed by atoms with van der Waals surface area (Å²) in [4.78, 5) is 63.1. The normalized spacial score (nSPS) is 13.6. The quantitative estimate of drug-likeness (QED) is 0.0784. The highest BCUT2D eigenvalue weighted by atomic mass is 16.4. The number of amides is 3. The Bertz CT molecular complexity index is 1890. The van der Waals surface area contributed by atoms with E-state index in [0.717, 1.165) is 10.9 Å². The Morgan fingerprint density at radius 3 is 1.88 bits per heavy atom. The van der Waals surface area contributed by atoms with E-state index in [9.17, 15) is 34.5 Å². The summed E-state index contributed by atoms with van der Waals surface area (Å²) in [6.07, 6.45) is 4.61. The molecule has 0 saturated heterocycles. The van der Waals surface area contributed by atoms with Crippen LogP contribution in [0.15, 0.2) is 91.5 Å². The second-order valence-electron chi connectivity index (χ2n) is 11.7. The van der Waals surface area contributed by atoms with Gasteiger partial charge < -0.3 is 47.0 Å². The number of aromatic amines is 2. The van der Waals surface area contributed by atoms with Crippen molar-refractivity contribution in [3.63, 3.8) is 0 Å². The predicted molar refractivity (Wildman–Crippen MR) is 179 cm³/mol. The van der Waals surface area contributed by atoms with E-state index in [1.165, 1.54) is 36.8 Å². The first-order valence-corrected chi connectivity index (χ1v) is 15.5. The minimum atomic E-state index is -1.32. The summed E-state index contributed by atoms with van der Waals surface area (Å²) in [6, 6.07) is 14.8. The molecule has 14 nitrogen and oxygen atoms in total. The molecular formula is C35H37N7O7. The van der Waals surface area contributed by atoms with Gasteiger partial charge in [0.15, 0.2) is 0 Å². The van der Waals surface area contributed by atoms with E-state index in [1.54, 1.807) is 30.5 Å². The maximum Gasteiger partial charge on any atom is 0.326 e. The van der Waals surface area contributed by atoms with Crippen LogP contribution in [0, 0.1) is 0 Å². The monoisotopic (exact) mass is 667 g/mol. The number of imidazole rings is 1. The van der Waals surface area contributed by atoms with Crippen molar-refractivity contribution in [2.75, 3.05) is 0 Å². The first-order valence-electron chi connectivity index (χ1n) is 15.5. The number of rotatable bonds is 15. The van der Waals surface area contributed by atoms with Crippen molar-refractivity contribution in [2.45, 2.75) is 49.9 Å². The molecule has 3 aromatic carbocycles. The zero-order valence-electron chi connectivity index (χ0n) is 26.3. The van der Waals surface area contributed by atoms with Crippen molar-refractivity contribution in [3.05, 3.63) is 114 Å². The fraction of sp³-hybridized carbons (Fsp3) is 0.229. The standard InChI is InChI=1S/C35H37N7O7/c36-27(13-20-5-9-24(43)10-6-20)32(45)40-29(14-21-7-11-25(44)12-8-21)33(46)41-30(16-23-18-37-19-39-23)34(47)42-31(35(48)49)15-22-17-38-28-4-2-1-3-26(22)28/h1-12,17-19,27,29-31,38,43-44H,13-16,36H2,(H,37,39)(H,40,45)(H,41,46)(H,42,47)(H,48,49). The Labute approximate surface area is 280 Å². The molecule has 0 saturated carbocycles. The van der Waals surface area contributed by atoms with E-state index < -0.39 is 47.9 Å². The van der Waals surface area contributed by atoms with Crippen molar-refractivity contribution in [3.8, 4) is 11.5 Å². The summed E-state index contributed by atoms with van der Waals surface area (Å²) in [6.45, 7) is 0. The van der Waals surface area contributed by atoms with E-state index in [4.69, 9.17) is 5.73 Å². The SMILES string of the molecule is NC(Cc1ccc(O)cc1)C(=O)NC(Cc1ccc(O)cc1)C(=O)NC(Cc1cnc[nH]1)C(=O)NC(Cc1c[nH]c2ccccc12)C(=O)O. The lowest BCUT2D eigenvalue weighted by atomic mass is 10.0. The number of carboxylic acids is 1. The van der Waals surface area contributed by atoms with Gasteiger partial charge in [-0.1, -0.05) is 42.5 Å². The summed E-state index contributed by atoms with van der Waals surface area (Å²) in [5, 5.41) is 38.1. The summed E-state index contributed by atoms with van der Waals surface area (Å²) in [7, 11) is 0. The van der Waals surface area contributed by atoms with Crippen molar-refractivity contribution in [1.29, 1.82) is 0 Å². The van der Waals surface area contributed by atoms with Crippen molar-refractivity contribution >= 4 is 34.6 Å². The van der Waals surface area contributed by atoms with Crippen molar-refractivity contribution < 1.29 is 34.5 Å². The maximum absolute atomic E-state index is 13.9. The molecule has 0 bridgehead atoms. The van der Waals surface area contributed by atoms with Crippen molar-refractivity contribution in [1.82, 2.24) is 30.9 Å². The summed E-state index contributed by atoms with van der Waals surface area (Å²) >= 11 is 0. The number of carbonyl (C=O) groups excluding carboxylic acids is 3. The summed E-state index contributed by atoms with van der Waals surface area (Å²) in [5.74, 6) is -3.29. The van der Waals surface area contributed by atoms with Crippen LogP contribution in [0.3, 0.4) is 0 Å². The number of hydrogen-bond acceptors (Lipinski definition) is 8. The molecule has 5 aromatic rings. The zero-order chi connectivity index (χ0) is 34.9. The smallest absolute Gasteiger partial charge is 0.326 e. The number of para-hydroxylation sites is 1. The highest BCUT2D eigenvalue weighted by Crippen LogP contribution is 2.19. The van der Waals surface area contributed by atoms with Gasteiger partial charge in [-0.05, 0) is 53.4 Å². The largest absolute Gasteiger partial charge is 0.508 e. The second kappa shape index (κ2) is 15.6. The molecule has 2 heterocycles. The van der Waals surface area contributed by atoms with Gasteiger partial charge in [-0.3, -0.25) is 14.4 Å². The van der Waals surface area contributed by atoms with Gasteiger partial charge in [0, 0.05) is 48.3 Å². The lowest BCUT2D eigenvalue weighted by Crippen LogP contribution is -2.58. The third-order valence-electron chi connectivity index (χ3n) is 8.06. The highest BCUT2D eigenvalue weighted by Gasteiger charge is 2.31. The van der Waals surface area contributed by atoms with Gasteiger partial charge in [0.05, 0.1) is 12.4 Å². The number of nitrogens with zero attached hydrogens (tertiary/aromatic N) is 1. The molecule has 4 atom stereocenters. The molecule has 254 valence electrons. The fourth-order valence-corrected chi connectivity index (χ4v) is 5.43. The maximum atomic E-state index is 13.9. The number of phenolic OH excluding ortho intramolecular Hbond substituents is 2. The molecule has 3 amide bonds. The molecule has 5 rings (SSSR count). The summed E-state index contributed by atoms with van der Waals surface area (Å²) in [5.41, 5.74) is 9.50. The van der Waals surface area contributed by atoms with Gasteiger partial charge in [0.25, 0.3) is 0 Å². The number of aromatic nitrogens is 3. The lowest BCUT2D eigenvalue weighted by Gasteiger charge is -2.25. The number of aliphatic carboxylic acids is 1. The highest BCUT2D eigenvalue weighted by molar-refractivity contribution is 5.94. The number of fused-ring (bicyclic) bond motifs is 1. The molecule has 10 N–H and O–H groups in total. The van der Waals surface area contributed by atoms with Gasteiger partial charge in [-0.25, -0.2) is 9.78 Å². The molecule has 0 aliphatic carbocycles. The molecule has 4 unspecified atom stereocenters. The van der Waals surface area contributed by atoms with Gasteiger partial charge in [-0.2, -0.15) is 0 Å². The Hall–Kier alpha value is -6.15. The number of carbonyl (C=O) groups is 4. The Morgan fingerprint density at radius 1 is 0.694 bits per heavy atom. The molecule has 0 fully saturated rings. The fourth-order valence-electron chi connectivity index (χ4n) is 5.43. The van der Waals surface area contributed by atoms with Crippen LogP contribution >= 0.6 is 0 Å². The molecule has 0 aliphatic rings. The first-order chi connectivity index (χ1) is 23.5. The molecule has 0 spiro atoms. The van der Waals surface area contributed by atoms with Crippen LogP contribution in [-0.2, 0) is 44.9 Å². The van der Waals surface area contributed by atoms with E-state index >= 15 is 0 Å². The van der Waals surface area contributed by atoms with Crippen LogP contribution in [-0.4, -0.2) is 78.1 Å². The Morgan fingerprint density at radius 2 is 1.27 bits per heavy atom. The van der Waals surface area contributed by atoms with Gasteiger partial charge in [0.1, 0.15) is 29.6 Å². The van der Waals surface area contributed by atoms with E-state index in [-0.39, 0.29) is 37.2 Å². The van der Waals surface area contributed by atoms with Gasteiger partial charge in [-0.15, -0.1) is 0 Å². The number of hydrogen-bond donors (Lipinski definition) is 9. The Kier molecular flexibility index (Phi) is 10.9. The van der Waals surface area contributed by atoms with Gasteiger partial charge >= 0.3 is 5.97 Å². The molecule has 0 aliphatic heterocycles. The number of H-pyrrole nitrogens is 2. The van der Waals surface area contributed by atoms with Crippen LogP contribution < -0.4 is 21.7 Å². The number of nitrogens with two attached hydrogens (primary N) is 1. The number of carboxylic acid groups (broad SMARTS) is 1. The number of nitrogens with one attached hydrogen (secondary N) is 5. The molecule has 0 radical (unpaired) electrons. The van der Waals surface area contributed by atoms with Crippen LogP contribution in [0.25, 0.3) is 10.9 Å². The van der Waals surface area contributed by atoms with E-state index in [0.29, 0.717) is 22.4 Å². The average molecular weight is 668 g/mol. The van der Waals surface area contributed by atoms with Gasteiger partial charge in [0.2, 0.25) is 17.7 Å². The number of benzene rings is 3. The third kappa shape index (κ3) is 9.23. The first kappa shape index (κ1) is 34.2. The minimum Gasteiger partial charge on any atom is -0.508 e. The Balaban J connectivity index is 1.34. The van der Waals surface area contributed by atoms with Crippen LogP contribution in [0.4, 0.5) is 0 Å². The van der Waals surface area contributed by atoms with Crippen LogP contribution in [0.5, 0.6) is 11.5 Å². The molecule has 49 heavy (non-hydrogen) atoms. The molecule has 14 heteroatoms. The van der Waals surface area contributed by atoms with Crippen molar-refractivity contribution in [2.24, 2.45) is 5.73 Å². The van der Waals surface area contributed by atoms with E-state index in [1.807, 2.05) is 24.3 Å².